The predicted molar refractivity (Wildman–Crippen MR) is 149 cm³/mol. The molecule has 2 saturated heterocycles. The van der Waals surface area contributed by atoms with E-state index in [0.29, 0.717) is 30.3 Å². The quantitative estimate of drug-likeness (QED) is 0.217. The van der Waals surface area contributed by atoms with Crippen molar-refractivity contribution < 1.29 is 48.4 Å². The number of carbonyl (C=O) groups excluding carboxylic acids is 5. The number of hydrogen-bond acceptors (Lipinski definition) is 10. The number of carbonyl (C=O) groups is 5. The smallest absolute Gasteiger partial charge is 0.318 e. The number of ether oxygens (including phenoxy) is 3. The number of fused-ring (bicyclic) bond motifs is 12. The van der Waals surface area contributed by atoms with Crippen LogP contribution < -0.4 is 0 Å². The van der Waals surface area contributed by atoms with Crippen LogP contribution in [0.1, 0.15) is 66.2 Å². The maximum Gasteiger partial charge on any atom is 0.318 e. The van der Waals surface area contributed by atoms with Crippen molar-refractivity contribution in [3.8, 4) is 0 Å². The zero-order valence-electron chi connectivity index (χ0n) is 23.8. The normalized spacial score (nSPS) is 41.8. The van der Waals surface area contributed by atoms with Crippen LogP contribution in [-0.4, -0.2) is 59.9 Å². The van der Waals surface area contributed by atoms with Crippen molar-refractivity contribution in [1.82, 2.24) is 0 Å². The molecule has 2 N–H and O–H groups in total. The first kappa shape index (κ1) is 32.3. The third-order valence-electron chi connectivity index (χ3n) is 10.9. The minimum Gasteiger partial charge on any atom is -0.466 e. The van der Waals surface area contributed by atoms with Crippen LogP contribution in [0.2, 0.25) is 0 Å². The standard InChI is InChI=1S/C9H10O3.C9H8O3.C9H16O2.C4H8O2.CH4/c2*10-8-6-4-1-2-5(3-4)7(6)9(11)12-8;10-4-8-6-1-2-7(3-6)9(8)5-11;1-3-6-4(2)5;/h4-7H,1-3H2;1-2,4-7H,3H2;6-11H,1-5H2;3H2,1-2H3;1H4/t2*4-,5+,6+,7-;6-,7+,8+,9-;;. The third kappa shape index (κ3) is 5.94. The minimum atomic E-state index is -0.304. The van der Waals surface area contributed by atoms with Crippen LogP contribution in [0, 0.1) is 71.0 Å². The lowest BCUT2D eigenvalue weighted by atomic mass is 9.80. The topological polar surface area (TPSA) is 154 Å². The van der Waals surface area contributed by atoms with Gasteiger partial charge >= 0.3 is 29.8 Å². The van der Waals surface area contributed by atoms with Gasteiger partial charge in [0.05, 0.1) is 30.3 Å². The Morgan fingerprint density at radius 2 is 1.10 bits per heavy atom. The molecule has 6 aliphatic carbocycles. The molecule has 10 nitrogen and oxygen atoms in total. The van der Waals surface area contributed by atoms with Crippen LogP contribution in [0.15, 0.2) is 12.2 Å². The summed E-state index contributed by atoms with van der Waals surface area (Å²) < 4.78 is 13.6. The van der Waals surface area contributed by atoms with E-state index in [9.17, 15) is 24.0 Å². The van der Waals surface area contributed by atoms with Crippen LogP contribution in [0.4, 0.5) is 0 Å². The summed E-state index contributed by atoms with van der Waals surface area (Å²) in [5, 5.41) is 18.2. The molecule has 0 amide bonds. The highest BCUT2D eigenvalue weighted by molar-refractivity contribution is 5.98. The number of allylic oxidation sites excluding steroid dienone is 2. The van der Waals surface area contributed by atoms with Gasteiger partial charge in [-0.3, -0.25) is 24.0 Å². The van der Waals surface area contributed by atoms with Crippen LogP contribution in [0.5, 0.6) is 0 Å². The lowest BCUT2D eigenvalue weighted by molar-refractivity contribution is -0.156. The first-order valence-electron chi connectivity index (χ1n) is 15.2. The number of aliphatic hydroxyl groups is 2. The molecule has 0 aromatic carbocycles. The van der Waals surface area contributed by atoms with Gasteiger partial charge in [0, 0.05) is 20.1 Å². The van der Waals surface area contributed by atoms with Gasteiger partial charge < -0.3 is 24.4 Å². The second kappa shape index (κ2) is 13.4. The van der Waals surface area contributed by atoms with Crippen LogP contribution in [0.3, 0.4) is 0 Å². The average Bonchev–Trinajstić information content (AvgIpc) is 3.79. The highest BCUT2D eigenvalue weighted by Crippen LogP contribution is 2.55. The van der Waals surface area contributed by atoms with E-state index in [1.165, 1.54) is 26.2 Å². The van der Waals surface area contributed by atoms with Crippen molar-refractivity contribution in [2.45, 2.75) is 66.2 Å². The fourth-order valence-electron chi connectivity index (χ4n) is 9.21. The van der Waals surface area contributed by atoms with Crippen molar-refractivity contribution in [3.63, 3.8) is 0 Å². The molecule has 0 unspecified atom stereocenters. The highest BCUT2D eigenvalue weighted by atomic mass is 16.6. The summed E-state index contributed by atoms with van der Waals surface area (Å²) in [6.07, 6.45) is 12.2. The first-order chi connectivity index (χ1) is 19.7. The Balaban J connectivity index is 0.000000131. The summed E-state index contributed by atoms with van der Waals surface area (Å²) in [5.41, 5.74) is 0. The summed E-state index contributed by atoms with van der Waals surface area (Å²) in [5.74, 6) is 2.01. The van der Waals surface area contributed by atoms with Gasteiger partial charge in [-0.05, 0) is 99.2 Å². The van der Waals surface area contributed by atoms with E-state index in [-0.39, 0.29) is 86.0 Å². The van der Waals surface area contributed by atoms with E-state index >= 15 is 0 Å². The number of aliphatic hydroxyl groups excluding tert-OH is 2. The molecule has 5 saturated carbocycles. The fourth-order valence-corrected chi connectivity index (χ4v) is 9.21. The molecule has 12 atom stereocenters. The number of hydrogen-bond donors (Lipinski definition) is 2. The zero-order valence-corrected chi connectivity index (χ0v) is 23.8. The molecule has 0 aromatic rings. The second-order valence-electron chi connectivity index (χ2n) is 12.8. The van der Waals surface area contributed by atoms with Gasteiger partial charge in [-0.15, -0.1) is 0 Å². The van der Waals surface area contributed by atoms with Gasteiger partial charge in [0.25, 0.3) is 0 Å². The lowest BCUT2D eigenvalue weighted by Crippen LogP contribution is -2.27. The van der Waals surface area contributed by atoms with Crippen LogP contribution in [-0.2, 0) is 38.2 Å². The molecule has 6 bridgehead atoms. The van der Waals surface area contributed by atoms with E-state index in [4.69, 9.17) is 10.2 Å². The maximum atomic E-state index is 11.2. The van der Waals surface area contributed by atoms with Gasteiger partial charge in [-0.25, -0.2) is 0 Å². The van der Waals surface area contributed by atoms with Gasteiger partial charge in [-0.2, -0.15) is 0 Å². The summed E-state index contributed by atoms with van der Waals surface area (Å²) in [4.78, 5) is 54.6. The van der Waals surface area contributed by atoms with E-state index in [1.807, 2.05) is 12.2 Å². The fraction of sp³-hybridized carbons (Fsp3) is 0.781. The maximum absolute atomic E-state index is 11.2. The van der Waals surface area contributed by atoms with Crippen molar-refractivity contribution in [2.75, 3.05) is 19.8 Å². The van der Waals surface area contributed by atoms with E-state index in [2.05, 4.69) is 14.2 Å². The Morgan fingerprint density at radius 3 is 1.45 bits per heavy atom. The average molecular weight is 591 g/mol. The van der Waals surface area contributed by atoms with E-state index in [1.54, 1.807) is 6.92 Å². The minimum absolute atomic E-state index is 0. The predicted octanol–water partition coefficient (Wildman–Crippen LogP) is 3.08. The van der Waals surface area contributed by atoms with Crippen molar-refractivity contribution >= 4 is 29.8 Å². The molecule has 10 heteroatoms. The highest BCUT2D eigenvalue weighted by Gasteiger charge is 2.60. The summed E-state index contributed by atoms with van der Waals surface area (Å²) in [6.45, 7) is 4.22. The van der Waals surface area contributed by atoms with Gasteiger partial charge in [0.1, 0.15) is 0 Å². The SMILES string of the molecule is C.CCOC(C)=O.O=C1OC(=O)[C@H]2[C@@H]1[C@@H]1C=C[C@H]2C1.O=C1OC(=O)[C@H]2[C@@H]3CC[C@@H](C3)[C@@H]12.OC[C@@H]1[C@H]2CC[C@H](C2)[C@@H]1CO. The first-order valence-corrected chi connectivity index (χ1v) is 15.2. The Kier molecular flexibility index (Phi) is 10.3. The molecule has 0 aromatic heterocycles. The molecule has 0 radical (unpaired) electrons. The van der Waals surface area contributed by atoms with Crippen LogP contribution in [0.25, 0.3) is 0 Å². The number of rotatable bonds is 3. The molecule has 0 spiro atoms. The zero-order chi connectivity index (χ0) is 29.4. The molecular formula is C32H46O10. The van der Waals surface area contributed by atoms with E-state index in [0.717, 1.165) is 37.5 Å². The molecule has 7 fully saturated rings. The monoisotopic (exact) mass is 590 g/mol. The van der Waals surface area contributed by atoms with Crippen molar-refractivity contribution in [1.29, 1.82) is 0 Å². The van der Waals surface area contributed by atoms with Gasteiger partial charge in [-0.1, -0.05) is 19.6 Å². The van der Waals surface area contributed by atoms with Crippen molar-refractivity contribution in [3.05, 3.63) is 12.2 Å². The summed E-state index contributed by atoms with van der Waals surface area (Å²) in [7, 11) is 0. The summed E-state index contributed by atoms with van der Waals surface area (Å²) >= 11 is 0. The molecule has 42 heavy (non-hydrogen) atoms. The Labute approximate surface area is 247 Å². The lowest BCUT2D eigenvalue weighted by Gasteiger charge is -2.27. The van der Waals surface area contributed by atoms with E-state index < -0.39 is 0 Å². The summed E-state index contributed by atoms with van der Waals surface area (Å²) in [6, 6.07) is 0. The molecule has 2 aliphatic heterocycles. The van der Waals surface area contributed by atoms with Crippen molar-refractivity contribution in [2.24, 2.45) is 71.0 Å². The Hall–Kier alpha value is -2.59. The second-order valence-corrected chi connectivity index (χ2v) is 12.8. The van der Waals surface area contributed by atoms with Gasteiger partial charge in [0.15, 0.2) is 0 Å². The molecule has 234 valence electrons. The largest absolute Gasteiger partial charge is 0.466 e. The molecule has 8 aliphatic rings. The van der Waals surface area contributed by atoms with Gasteiger partial charge in [0.2, 0.25) is 0 Å². The molecule has 2 heterocycles. The third-order valence-corrected chi connectivity index (χ3v) is 10.9. The molecule has 8 rings (SSSR count). The Morgan fingerprint density at radius 1 is 0.714 bits per heavy atom. The number of esters is 5. The number of cyclic esters (lactones) is 4. The Bertz CT molecular complexity index is 1010. The van der Waals surface area contributed by atoms with Crippen LogP contribution >= 0.6 is 0 Å². The molecular weight excluding hydrogens is 544 g/mol.